The summed E-state index contributed by atoms with van der Waals surface area (Å²) in [5, 5.41) is 25.4. The summed E-state index contributed by atoms with van der Waals surface area (Å²) < 4.78 is 13.3. The summed E-state index contributed by atoms with van der Waals surface area (Å²) in [5.41, 5.74) is 12.9. The molecule has 2 aliphatic rings. The van der Waals surface area contributed by atoms with Crippen molar-refractivity contribution in [2.24, 2.45) is 0 Å². The molecule has 10 nitrogen and oxygen atoms in total. The number of carbonyl (C=O) groups excluding carboxylic acids is 2. The zero-order chi connectivity index (χ0) is 37.0. The molecule has 2 saturated heterocycles. The average molecular weight is 721 g/mol. The Balaban J connectivity index is 1.03. The van der Waals surface area contributed by atoms with Gasteiger partial charge in [0.25, 0.3) is 0 Å². The highest BCUT2D eigenvalue weighted by atomic mass is 16.7. The van der Waals surface area contributed by atoms with Crippen LogP contribution in [-0.2, 0) is 32.2 Å². The minimum atomic E-state index is -0.578. The van der Waals surface area contributed by atoms with Crippen LogP contribution in [0.15, 0.2) is 97.1 Å². The van der Waals surface area contributed by atoms with Gasteiger partial charge in [-0.15, -0.1) is 0 Å². The molecule has 0 aliphatic carbocycles. The predicted octanol–water partition coefficient (Wildman–Crippen LogP) is 6.64. The van der Waals surface area contributed by atoms with Gasteiger partial charge in [-0.25, -0.2) is 0 Å². The van der Waals surface area contributed by atoms with E-state index in [2.05, 4.69) is 39.8 Å². The third-order valence-electron chi connectivity index (χ3n) is 10.2. The molecule has 0 radical (unpaired) electrons. The number of hydrogen-bond donors (Lipinski definition) is 5. The molecule has 2 amide bonds. The lowest BCUT2D eigenvalue weighted by Gasteiger charge is -2.38. The number of anilines is 2. The van der Waals surface area contributed by atoms with E-state index in [1.54, 1.807) is 12.1 Å². The van der Waals surface area contributed by atoms with Gasteiger partial charge in [0.05, 0.1) is 36.8 Å². The molecule has 4 unspecified atom stereocenters. The van der Waals surface area contributed by atoms with E-state index in [9.17, 15) is 19.8 Å². The number of ether oxygens (including phenoxy) is 2. The number of aliphatic hydroxyl groups is 2. The number of rotatable bonds is 16. The zero-order valence-corrected chi connectivity index (χ0v) is 30.3. The van der Waals surface area contributed by atoms with Crippen molar-refractivity contribution in [2.75, 3.05) is 30.7 Å². The third kappa shape index (κ3) is 10.7. The molecule has 53 heavy (non-hydrogen) atoms. The minimum Gasteiger partial charge on any atom is -0.397 e. The van der Waals surface area contributed by atoms with E-state index < -0.39 is 6.29 Å². The maximum atomic E-state index is 12.6. The van der Waals surface area contributed by atoms with Gasteiger partial charge in [-0.1, -0.05) is 79.2 Å². The largest absolute Gasteiger partial charge is 0.397 e. The van der Waals surface area contributed by atoms with E-state index in [1.165, 1.54) is 0 Å². The summed E-state index contributed by atoms with van der Waals surface area (Å²) >= 11 is 0. The summed E-state index contributed by atoms with van der Waals surface area (Å²) in [5.74, 6) is -0.0931. The molecule has 4 atom stereocenters. The molecule has 0 saturated carbocycles. The average Bonchev–Trinajstić information content (AvgIpc) is 3.65. The topological polar surface area (TPSA) is 146 Å². The highest BCUT2D eigenvalue weighted by Crippen LogP contribution is 2.39. The second-order valence-electron chi connectivity index (χ2n) is 14.1. The van der Waals surface area contributed by atoms with Gasteiger partial charge >= 0.3 is 0 Å². The van der Waals surface area contributed by atoms with Gasteiger partial charge in [0.1, 0.15) is 0 Å². The molecule has 0 bridgehead atoms. The van der Waals surface area contributed by atoms with Crippen LogP contribution < -0.4 is 16.4 Å². The van der Waals surface area contributed by atoms with E-state index in [-0.39, 0.29) is 43.3 Å². The van der Waals surface area contributed by atoms with Crippen molar-refractivity contribution < 1.29 is 29.3 Å². The van der Waals surface area contributed by atoms with Crippen LogP contribution in [0, 0.1) is 0 Å². The van der Waals surface area contributed by atoms with Crippen molar-refractivity contribution in [3.8, 4) is 11.1 Å². The molecule has 2 heterocycles. The lowest BCUT2D eigenvalue weighted by atomic mass is 9.98. The smallest absolute Gasteiger partial charge is 0.224 e. The maximum absolute atomic E-state index is 12.6. The number of carbonyl (C=O) groups is 2. The number of nitrogens with two attached hydrogens (primary N) is 1. The van der Waals surface area contributed by atoms with E-state index in [1.807, 2.05) is 60.7 Å². The number of aliphatic hydroxyl groups excluding tert-OH is 2. The van der Waals surface area contributed by atoms with Gasteiger partial charge in [-0.05, 0) is 84.3 Å². The first-order valence-electron chi connectivity index (χ1n) is 18.8. The van der Waals surface area contributed by atoms with Gasteiger partial charge in [0.2, 0.25) is 11.8 Å². The second kappa shape index (κ2) is 19.0. The predicted molar refractivity (Wildman–Crippen MR) is 206 cm³/mol. The molecule has 6 N–H and O–H groups in total. The Bertz CT molecular complexity index is 1800. The molecular weight excluding hydrogens is 668 g/mol. The summed E-state index contributed by atoms with van der Waals surface area (Å²) in [4.78, 5) is 27.2. The Labute approximate surface area is 312 Å². The molecule has 0 aromatic heterocycles. The molecule has 0 spiro atoms. The Kier molecular flexibility index (Phi) is 13.6. The number of hydrogen-bond acceptors (Lipinski definition) is 8. The summed E-state index contributed by atoms with van der Waals surface area (Å²) in [6.07, 6.45) is 4.89. The first kappa shape index (κ1) is 38.2. The first-order valence-corrected chi connectivity index (χ1v) is 18.8. The van der Waals surface area contributed by atoms with Gasteiger partial charge in [0, 0.05) is 44.0 Å². The second-order valence-corrected chi connectivity index (χ2v) is 14.1. The van der Waals surface area contributed by atoms with E-state index in [0.717, 1.165) is 65.7 Å². The Morgan fingerprint density at radius 1 is 0.792 bits per heavy atom. The maximum Gasteiger partial charge on any atom is 0.224 e. The van der Waals surface area contributed by atoms with E-state index >= 15 is 0 Å². The van der Waals surface area contributed by atoms with Gasteiger partial charge in [-0.2, -0.15) is 0 Å². The summed E-state index contributed by atoms with van der Waals surface area (Å²) in [6.45, 7) is 2.24. The Morgan fingerprint density at radius 2 is 1.55 bits per heavy atom. The van der Waals surface area contributed by atoms with Crippen molar-refractivity contribution in [3.63, 3.8) is 0 Å². The Hall–Kier alpha value is -4.58. The fourth-order valence-corrected chi connectivity index (χ4v) is 7.22. The minimum absolute atomic E-state index is 0.00635. The van der Waals surface area contributed by atoms with Crippen LogP contribution in [0.3, 0.4) is 0 Å². The van der Waals surface area contributed by atoms with Crippen molar-refractivity contribution in [2.45, 2.75) is 89.1 Å². The first-order chi connectivity index (χ1) is 25.9. The molecule has 280 valence electrons. The summed E-state index contributed by atoms with van der Waals surface area (Å²) in [6, 6.07) is 31.7. The number of nitrogen functional groups attached to an aromatic ring is 1. The molecule has 6 rings (SSSR count). The Morgan fingerprint density at radius 3 is 2.32 bits per heavy atom. The number of amides is 2. The number of unbranched alkanes of at least 4 members (excludes halogenated alkanes) is 2. The molecular formula is C43H52N4O6. The van der Waals surface area contributed by atoms with E-state index in [4.69, 9.17) is 15.2 Å². The van der Waals surface area contributed by atoms with Crippen LogP contribution in [0.2, 0.25) is 0 Å². The highest BCUT2D eigenvalue weighted by Gasteiger charge is 2.35. The van der Waals surface area contributed by atoms with E-state index in [0.29, 0.717) is 50.0 Å². The standard InChI is InChI=1S/C43H52N4O6/c44-38-14-4-5-15-39(38)46-42(51)17-3-1-2-16-41(50)45-26-31-9-6-10-33(23-31)34-11-7-12-35(24-34)43-52-37(27-47-22-8-13-36(47)29-49)25-40(53-43)32-20-18-30(28-48)19-21-32/h4-7,9-12,14-15,18-21,23-24,36-37,40,43,48-49H,1-3,8,13,16-17,22,25-29,44H2,(H,45,50)(H,46,51). The molecule has 2 fully saturated rings. The number of nitrogens with zero attached hydrogens (tertiary/aromatic N) is 1. The van der Waals surface area contributed by atoms with Crippen LogP contribution in [0.5, 0.6) is 0 Å². The van der Waals surface area contributed by atoms with Crippen molar-refractivity contribution in [3.05, 3.63) is 119 Å². The molecule has 10 heteroatoms. The molecule has 4 aromatic rings. The van der Waals surface area contributed by atoms with Gasteiger partial charge in [-0.3, -0.25) is 14.5 Å². The number of nitrogens with one attached hydrogen (secondary N) is 2. The third-order valence-corrected chi connectivity index (χ3v) is 10.2. The van der Waals surface area contributed by atoms with Crippen LogP contribution in [0.25, 0.3) is 11.1 Å². The number of benzene rings is 4. The number of likely N-dealkylation sites (tertiary alicyclic amines) is 1. The fraction of sp³-hybridized carbons (Fsp3) is 0.395. The van der Waals surface area contributed by atoms with Crippen molar-refractivity contribution >= 4 is 23.2 Å². The van der Waals surface area contributed by atoms with Gasteiger partial charge in [0.15, 0.2) is 6.29 Å². The van der Waals surface area contributed by atoms with Crippen LogP contribution in [0.4, 0.5) is 11.4 Å². The lowest BCUT2D eigenvalue weighted by Crippen LogP contribution is -2.42. The normalized spacial score (nSPS) is 20.3. The van der Waals surface area contributed by atoms with Crippen LogP contribution in [0.1, 0.15) is 86.0 Å². The van der Waals surface area contributed by atoms with Crippen molar-refractivity contribution in [1.82, 2.24) is 10.2 Å². The monoisotopic (exact) mass is 720 g/mol. The fourth-order valence-electron chi connectivity index (χ4n) is 7.22. The summed E-state index contributed by atoms with van der Waals surface area (Å²) in [7, 11) is 0. The zero-order valence-electron chi connectivity index (χ0n) is 30.3. The SMILES string of the molecule is Nc1ccccc1NC(=O)CCCCCC(=O)NCc1cccc(-c2cccc(C3OC(CN4CCCC4CO)CC(c4ccc(CO)cc4)O3)c2)c1. The quantitative estimate of drug-likeness (QED) is 0.0640. The lowest BCUT2D eigenvalue weighted by molar-refractivity contribution is -0.253. The van der Waals surface area contributed by atoms with Gasteiger partial charge < -0.3 is 36.1 Å². The molecule has 2 aliphatic heterocycles. The van der Waals surface area contributed by atoms with Crippen LogP contribution in [-0.4, -0.2) is 58.8 Å². The molecule has 4 aromatic carbocycles. The van der Waals surface area contributed by atoms with Crippen molar-refractivity contribution in [1.29, 1.82) is 0 Å². The highest BCUT2D eigenvalue weighted by molar-refractivity contribution is 5.93. The van der Waals surface area contributed by atoms with Crippen LogP contribution >= 0.6 is 0 Å². The number of para-hydroxylation sites is 2.